The van der Waals surface area contributed by atoms with E-state index in [0.717, 1.165) is 41.4 Å². The second-order valence-electron chi connectivity index (χ2n) is 5.66. The zero-order valence-corrected chi connectivity index (χ0v) is 15.1. The van der Waals surface area contributed by atoms with Crippen molar-refractivity contribution < 1.29 is 18.3 Å². The Bertz CT molecular complexity index is 839. The highest BCUT2D eigenvalue weighted by atomic mass is 32.2. The van der Waals surface area contributed by atoms with Gasteiger partial charge in [-0.2, -0.15) is 0 Å². The normalized spacial score (nSPS) is 14.0. The van der Waals surface area contributed by atoms with Crippen LogP contribution < -0.4 is 9.62 Å². The van der Waals surface area contributed by atoms with Crippen molar-refractivity contribution in [3.05, 3.63) is 48.0 Å². The van der Waals surface area contributed by atoms with Gasteiger partial charge in [0.15, 0.2) is 0 Å². The highest BCUT2D eigenvalue weighted by molar-refractivity contribution is 7.99. The van der Waals surface area contributed by atoms with Crippen molar-refractivity contribution in [3.63, 3.8) is 0 Å². The van der Waals surface area contributed by atoms with Crippen LogP contribution in [0.5, 0.6) is 0 Å². The van der Waals surface area contributed by atoms with Crippen LogP contribution in [-0.2, 0) is 10.9 Å². The first-order valence-electron chi connectivity index (χ1n) is 7.85. The third kappa shape index (κ3) is 4.26. The Kier molecular flexibility index (Phi) is 5.50. The predicted molar refractivity (Wildman–Crippen MR) is 99.4 cm³/mol. The largest absolute Gasteiger partial charge is 0.478 e. The van der Waals surface area contributed by atoms with Crippen molar-refractivity contribution in [1.29, 1.82) is 0 Å². The van der Waals surface area contributed by atoms with Crippen LogP contribution in [0.3, 0.4) is 0 Å². The molecule has 0 unspecified atom stereocenters. The van der Waals surface area contributed by atoms with Crippen molar-refractivity contribution in [2.75, 3.05) is 22.7 Å². The van der Waals surface area contributed by atoms with Gasteiger partial charge < -0.3 is 10.0 Å². The monoisotopic (exact) mass is 378 g/mol. The Hall–Kier alpha value is -2.19. The number of anilines is 2. The average Bonchev–Trinajstić information content (AvgIpc) is 3.11. The molecule has 0 radical (unpaired) electrons. The predicted octanol–water partition coefficient (Wildman–Crippen LogP) is 3.07. The van der Waals surface area contributed by atoms with Gasteiger partial charge in [-0.1, -0.05) is 30.0 Å². The van der Waals surface area contributed by atoms with Gasteiger partial charge in [0.05, 0.1) is 21.8 Å². The molecule has 0 bridgehead atoms. The SMILES string of the molecule is O=C(O)c1cc(N[SH](=O)=O)c(Sc2ccccc2)c(N2CCCC2)c1. The number of hydrogen-bond acceptors (Lipinski definition) is 5. The minimum Gasteiger partial charge on any atom is -0.478 e. The van der Waals surface area contributed by atoms with Crippen LogP contribution in [0.2, 0.25) is 0 Å². The van der Waals surface area contributed by atoms with Crippen molar-refractivity contribution in [3.8, 4) is 0 Å². The van der Waals surface area contributed by atoms with Crippen LogP contribution in [0.25, 0.3) is 0 Å². The summed E-state index contributed by atoms with van der Waals surface area (Å²) in [6.45, 7) is 1.66. The molecule has 1 heterocycles. The van der Waals surface area contributed by atoms with E-state index in [1.54, 1.807) is 6.07 Å². The molecule has 0 aromatic heterocycles. The number of nitrogens with one attached hydrogen (secondary N) is 1. The lowest BCUT2D eigenvalue weighted by Crippen LogP contribution is -2.19. The summed E-state index contributed by atoms with van der Waals surface area (Å²) in [6.07, 6.45) is 2.07. The van der Waals surface area contributed by atoms with Crippen molar-refractivity contribution in [2.24, 2.45) is 0 Å². The minimum atomic E-state index is -2.90. The molecule has 0 amide bonds. The molecule has 8 heteroatoms. The molecule has 2 aromatic carbocycles. The molecule has 2 N–H and O–H groups in total. The van der Waals surface area contributed by atoms with E-state index in [4.69, 9.17) is 0 Å². The summed E-state index contributed by atoms with van der Waals surface area (Å²) in [5.41, 5.74) is 1.12. The second kappa shape index (κ2) is 7.79. The minimum absolute atomic E-state index is 0.0682. The fourth-order valence-corrected chi connectivity index (χ4v) is 4.32. The van der Waals surface area contributed by atoms with Gasteiger partial charge in [-0.3, -0.25) is 4.72 Å². The van der Waals surface area contributed by atoms with Gasteiger partial charge in [-0.05, 0) is 37.1 Å². The lowest BCUT2D eigenvalue weighted by molar-refractivity contribution is 0.0697. The molecular weight excluding hydrogens is 360 g/mol. The van der Waals surface area contributed by atoms with Gasteiger partial charge in [-0.15, -0.1) is 0 Å². The van der Waals surface area contributed by atoms with E-state index in [9.17, 15) is 18.3 Å². The first-order valence-corrected chi connectivity index (χ1v) is 9.84. The second-order valence-corrected chi connectivity index (χ2v) is 7.48. The number of carboxylic acids is 1. The standard InChI is InChI=1S/C17H18N2O4S2/c20-17(21)12-10-14(18-25(22)23)16(24-13-6-2-1-3-7-13)15(11-12)19-8-4-5-9-19/h1-3,6-7,10-11,25H,4-5,8-9H2,(H,20,21)(H,18,22,23). The molecule has 0 spiro atoms. The van der Waals surface area contributed by atoms with Crippen LogP contribution in [0.15, 0.2) is 52.3 Å². The summed E-state index contributed by atoms with van der Waals surface area (Å²) in [4.78, 5) is 15.3. The van der Waals surface area contributed by atoms with E-state index in [2.05, 4.69) is 9.62 Å². The highest BCUT2D eigenvalue weighted by Crippen LogP contribution is 2.42. The van der Waals surface area contributed by atoms with E-state index in [-0.39, 0.29) is 5.56 Å². The maximum atomic E-state index is 11.5. The fourth-order valence-electron chi connectivity index (χ4n) is 2.82. The lowest BCUT2D eigenvalue weighted by Gasteiger charge is -2.23. The zero-order valence-electron chi connectivity index (χ0n) is 13.3. The molecule has 1 fully saturated rings. The lowest BCUT2D eigenvalue weighted by atomic mass is 10.1. The Labute approximate surface area is 151 Å². The number of rotatable bonds is 6. The van der Waals surface area contributed by atoms with Gasteiger partial charge in [0, 0.05) is 18.0 Å². The Morgan fingerprint density at radius 3 is 2.40 bits per heavy atom. The molecule has 6 nitrogen and oxygen atoms in total. The summed E-state index contributed by atoms with van der Waals surface area (Å²) < 4.78 is 24.9. The van der Waals surface area contributed by atoms with Crippen molar-refractivity contribution in [2.45, 2.75) is 22.6 Å². The molecule has 0 atom stereocenters. The number of hydrogen-bond donors (Lipinski definition) is 3. The Morgan fingerprint density at radius 1 is 1.12 bits per heavy atom. The molecule has 1 aliphatic heterocycles. The maximum absolute atomic E-state index is 11.5. The molecule has 2 aromatic rings. The zero-order chi connectivity index (χ0) is 17.8. The third-order valence-electron chi connectivity index (χ3n) is 3.94. The van der Waals surface area contributed by atoms with Crippen molar-refractivity contribution in [1.82, 2.24) is 0 Å². The first-order chi connectivity index (χ1) is 12.0. The van der Waals surface area contributed by atoms with Gasteiger partial charge in [0.1, 0.15) is 0 Å². The number of carbonyl (C=O) groups is 1. The molecule has 3 rings (SSSR count). The highest BCUT2D eigenvalue weighted by Gasteiger charge is 2.22. The molecule has 1 saturated heterocycles. The van der Waals surface area contributed by atoms with Crippen molar-refractivity contribution >= 4 is 40.0 Å². The number of thiol groups is 1. The molecule has 0 saturated carbocycles. The number of carboxylic acid groups (broad SMARTS) is 1. The van der Waals surface area contributed by atoms with E-state index in [0.29, 0.717) is 5.69 Å². The van der Waals surface area contributed by atoms with Gasteiger partial charge >= 0.3 is 5.97 Å². The van der Waals surface area contributed by atoms with Gasteiger partial charge in [-0.25, -0.2) is 13.2 Å². The van der Waals surface area contributed by atoms with Gasteiger partial charge in [0.2, 0.25) is 10.9 Å². The quantitative estimate of drug-likeness (QED) is 0.670. The summed E-state index contributed by atoms with van der Waals surface area (Å²) in [6, 6.07) is 12.6. The van der Waals surface area contributed by atoms with Gasteiger partial charge in [0.25, 0.3) is 0 Å². The molecule has 132 valence electrons. The van der Waals surface area contributed by atoms with E-state index in [1.165, 1.54) is 17.8 Å². The van der Waals surface area contributed by atoms with E-state index >= 15 is 0 Å². The molecular formula is C17H18N2O4S2. The fraction of sp³-hybridized carbons (Fsp3) is 0.235. The van der Waals surface area contributed by atoms with E-state index < -0.39 is 16.9 Å². The smallest absolute Gasteiger partial charge is 0.335 e. The third-order valence-corrected chi connectivity index (χ3v) is 5.50. The Morgan fingerprint density at radius 2 is 1.80 bits per heavy atom. The van der Waals surface area contributed by atoms with Crippen LogP contribution in [-0.4, -0.2) is 32.6 Å². The number of nitrogens with zero attached hydrogens (tertiary/aromatic N) is 1. The summed E-state index contributed by atoms with van der Waals surface area (Å²) in [5, 5.41) is 9.39. The van der Waals surface area contributed by atoms with Crippen LogP contribution >= 0.6 is 11.8 Å². The number of aromatic carboxylic acids is 1. The number of benzene rings is 2. The van der Waals surface area contributed by atoms with Crippen LogP contribution in [0.4, 0.5) is 11.4 Å². The topological polar surface area (TPSA) is 86.7 Å². The Balaban J connectivity index is 2.14. The van der Waals surface area contributed by atoms with E-state index in [1.807, 2.05) is 30.3 Å². The molecule has 0 aliphatic carbocycles. The van der Waals surface area contributed by atoms with Crippen LogP contribution in [0, 0.1) is 0 Å². The maximum Gasteiger partial charge on any atom is 0.335 e. The van der Waals surface area contributed by atoms with Crippen LogP contribution in [0.1, 0.15) is 23.2 Å². The summed E-state index contributed by atoms with van der Waals surface area (Å²) in [5.74, 6) is -1.08. The summed E-state index contributed by atoms with van der Waals surface area (Å²) in [7, 11) is -2.90. The average molecular weight is 378 g/mol. The molecule has 25 heavy (non-hydrogen) atoms. The first kappa shape index (κ1) is 17.6. The molecule has 1 aliphatic rings. The summed E-state index contributed by atoms with van der Waals surface area (Å²) >= 11 is 1.43.